The van der Waals surface area contributed by atoms with Gasteiger partial charge in [-0.2, -0.15) is 13.2 Å². The van der Waals surface area contributed by atoms with Crippen LogP contribution in [0.15, 0.2) is 58.5 Å². The number of hydrogen-bond acceptors (Lipinski definition) is 5. The fraction of sp³-hybridized carbons (Fsp3) is 0.250. The van der Waals surface area contributed by atoms with Gasteiger partial charge in [0.25, 0.3) is 5.56 Å². The van der Waals surface area contributed by atoms with Gasteiger partial charge in [0.1, 0.15) is 0 Å². The van der Waals surface area contributed by atoms with Crippen molar-refractivity contribution in [3.05, 3.63) is 64.4 Å². The van der Waals surface area contributed by atoms with E-state index in [1.54, 1.807) is 24.3 Å². The zero-order valence-electron chi connectivity index (χ0n) is 15.6. The van der Waals surface area contributed by atoms with Gasteiger partial charge in [-0.05, 0) is 42.8 Å². The minimum absolute atomic E-state index is 0.0923. The molecule has 0 fully saturated rings. The van der Waals surface area contributed by atoms with Gasteiger partial charge in [0.05, 0.1) is 22.2 Å². The third kappa shape index (κ3) is 5.19. The lowest BCUT2D eigenvalue weighted by Gasteiger charge is -2.13. The molecule has 0 aliphatic heterocycles. The molecule has 158 valence electrons. The zero-order valence-corrected chi connectivity index (χ0v) is 16.5. The highest BCUT2D eigenvalue weighted by Crippen LogP contribution is 2.29. The summed E-state index contributed by atoms with van der Waals surface area (Å²) in [4.78, 5) is 29.4. The number of nitrogens with zero attached hydrogens (tertiary/aromatic N) is 2. The van der Waals surface area contributed by atoms with E-state index in [4.69, 9.17) is 5.11 Å². The predicted octanol–water partition coefficient (Wildman–Crippen LogP) is 3.53. The Morgan fingerprint density at radius 2 is 1.83 bits per heavy atom. The Bertz CT molecular complexity index is 1100. The summed E-state index contributed by atoms with van der Waals surface area (Å²) in [5.74, 6) is -0.541. The molecule has 0 saturated carbocycles. The van der Waals surface area contributed by atoms with Gasteiger partial charge in [-0.3, -0.25) is 14.2 Å². The first-order valence-corrected chi connectivity index (χ1v) is 9.98. The van der Waals surface area contributed by atoms with E-state index in [0.29, 0.717) is 22.5 Å². The van der Waals surface area contributed by atoms with Crippen LogP contribution in [0, 0.1) is 0 Å². The zero-order chi connectivity index (χ0) is 21.7. The normalized spacial score (nSPS) is 11.6. The van der Waals surface area contributed by atoms with Crippen LogP contribution in [0.4, 0.5) is 18.9 Å². The van der Waals surface area contributed by atoms with Crippen LogP contribution in [0.25, 0.3) is 10.9 Å². The number of hydrogen-bond donors (Lipinski definition) is 2. The van der Waals surface area contributed by atoms with Crippen molar-refractivity contribution >= 4 is 34.3 Å². The average Bonchev–Trinajstić information content (AvgIpc) is 2.71. The smallest absolute Gasteiger partial charge is 0.396 e. The molecule has 0 spiro atoms. The van der Waals surface area contributed by atoms with Gasteiger partial charge in [0.2, 0.25) is 5.91 Å². The van der Waals surface area contributed by atoms with Crippen molar-refractivity contribution in [2.75, 3.05) is 17.7 Å². The maximum Gasteiger partial charge on any atom is 0.416 e. The number of carbonyl (C=O) groups is 1. The number of anilines is 1. The molecule has 2 N–H and O–H groups in total. The van der Waals surface area contributed by atoms with Crippen LogP contribution in [0.5, 0.6) is 0 Å². The third-order valence-corrected chi connectivity index (χ3v) is 5.17. The summed E-state index contributed by atoms with van der Waals surface area (Å²) in [6, 6.07) is 11.0. The van der Waals surface area contributed by atoms with Gasteiger partial charge in [-0.25, -0.2) is 4.98 Å². The number of benzene rings is 2. The highest BCUT2D eigenvalue weighted by atomic mass is 32.2. The molecule has 0 saturated heterocycles. The van der Waals surface area contributed by atoms with Crippen LogP contribution in [0.2, 0.25) is 0 Å². The van der Waals surface area contributed by atoms with Crippen molar-refractivity contribution in [1.29, 1.82) is 0 Å². The van der Waals surface area contributed by atoms with E-state index in [2.05, 4.69) is 10.3 Å². The fourth-order valence-corrected chi connectivity index (χ4v) is 3.58. The first-order chi connectivity index (χ1) is 14.3. The average molecular weight is 437 g/mol. The first-order valence-electron chi connectivity index (χ1n) is 9.00. The molecule has 0 radical (unpaired) electrons. The summed E-state index contributed by atoms with van der Waals surface area (Å²) < 4.78 is 39.3. The number of thioether (sulfide) groups is 1. The number of aromatic nitrogens is 2. The second-order valence-electron chi connectivity index (χ2n) is 6.36. The highest BCUT2D eigenvalue weighted by molar-refractivity contribution is 7.99. The molecular weight excluding hydrogens is 419 g/mol. The van der Waals surface area contributed by atoms with Gasteiger partial charge in [0.15, 0.2) is 5.16 Å². The maximum atomic E-state index is 12.7. The number of aliphatic hydroxyl groups is 1. The Morgan fingerprint density at radius 1 is 1.13 bits per heavy atom. The van der Waals surface area contributed by atoms with E-state index in [9.17, 15) is 22.8 Å². The first kappa shape index (κ1) is 21.8. The number of para-hydroxylation sites is 1. The molecule has 0 aliphatic rings. The molecule has 0 unspecified atom stereocenters. The van der Waals surface area contributed by atoms with E-state index in [0.717, 1.165) is 23.9 Å². The summed E-state index contributed by atoms with van der Waals surface area (Å²) in [5.41, 5.74) is -0.339. The van der Waals surface area contributed by atoms with E-state index in [1.807, 2.05) is 0 Å². The van der Waals surface area contributed by atoms with Crippen LogP contribution in [0.3, 0.4) is 0 Å². The molecule has 3 aromatic rings. The van der Waals surface area contributed by atoms with E-state index in [-0.39, 0.29) is 30.2 Å². The number of fused-ring (bicyclic) bond motifs is 1. The van der Waals surface area contributed by atoms with Crippen molar-refractivity contribution in [2.45, 2.75) is 24.3 Å². The summed E-state index contributed by atoms with van der Waals surface area (Å²) in [6.07, 6.45) is -4.09. The molecule has 1 aromatic heterocycles. The van der Waals surface area contributed by atoms with Crippen molar-refractivity contribution in [3.8, 4) is 0 Å². The van der Waals surface area contributed by atoms with Gasteiger partial charge < -0.3 is 10.4 Å². The third-order valence-electron chi connectivity index (χ3n) is 4.19. The van der Waals surface area contributed by atoms with Crippen molar-refractivity contribution < 1.29 is 23.1 Å². The molecule has 1 heterocycles. The second-order valence-corrected chi connectivity index (χ2v) is 7.30. The van der Waals surface area contributed by atoms with Gasteiger partial charge in [-0.15, -0.1) is 0 Å². The van der Waals surface area contributed by atoms with Crippen molar-refractivity contribution in [2.24, 2.45) is 0 Å². The summed E-state index contributed by atoms with van der Waals surface area (Å²) >= 11 is 1.04. The van der Waals surface area contributed by atoms with E-state index < -0.39 is 17.6 Å². The van der Waals surface area contributed by atoms with Gasteiger partial charge in [-0.1, -0.05) is 23.9 Å². The molecule has 2 aromatic carbocycles. The lowest BCUT2D eigenvalue weighted by molar-refractivity contribution is -0.137. The Kier molecular flexibility index (Phi) is 6.78. The molecule has 3 rings (SSSR count). The number of nitrogens with one attached hydrogen (secondary N) is 1. The molecule has 1 amide bonds. The largest absolute Gasteiger partial charge is 0.416 e. The number of alkyl halides is 3. The molecule has 6 nitrogen and oxygen atoms in total. The molecule has 0 bridgehead atoms. The van der Waals surface area contributed by atoms with Gasteiger partial charge in [0, 0.05) is 18.8 Å². The number of rotatable bonds is 7. The molecular formula is C20H18F3N3O3S. The number of amides is 1. The van der Waals surface area contributed by atoms with Crippen LogP contribution >= 0.6 is 11.8 Å². The maximum absolute atomic E-state index is 12.7. The predicted molar refractivity (Wildman–Crippen MR) is 109 cm³/mol. The summed E-state index contributed by atoms with van der Waals surface area (Å²) in [7, 11) is 0. The fourth-order valence-electron chi connectivity index (χ4n) is 2.75. The second kappa shape index (κ2) is 9.31. The quantitative estimate of drug-likeness (QED) is 0.437. The Hall–Kier alpha value is -2.85. The lowest BCUT2D eigenvalue weighted by Crippen LogP contribution is -2.24. The van der Waals surface area contributed by atoms with Gasteiger partial charge >= 0.3 is 6.18 Å². The molecule has 10 heteroatoms. The van der Waals surface area contributed by atoms with E-state index >= 15 is 0 Å². The minimum Gasteiger partial charge on any atom is -0.396 e. The van der Waals surface area contributed by atoms with E-state index in [1.165, 1.54) is 16.7 Å². The molecule has 0 aliphatic carbocycles. The highest BCUT2D eigenvalue weighted by Gasteiger charge is 2.30. The Morgan fingerprint density at radius 3 is 2.50 bits per heavy atom. The summed E-state index contributed by atoms with van der Waals surface area (Å²) in [5, 5.41) is 12.4. The number of carbonyl (C=O) groups excluding carboxylic acids is 1. The molecule has 30 heavy (non-hydrogen) atoms. The number of halogens is 3. The van der Waals surface area contributed by atoms with Crippen LogP contribution in [-0.4, -0.2) is 32.9 Å². The Labute approximate surface area is 173 Å². The minimum atomic E-state index is -4.45. The van der Waals surface area contributed by atoms with Crippen molar-refractivity contribution in [1.82, 2.24) is 9.55 Å². The van der Waals surface area contributed by atoms with Crippen LogP contribution < -0.4 is 10.9 Å². The standard InChI is InChI=1S/C20H18F3N3O3S/c21-20(22,23)13-6-8-14(9-7-13)24-17(28)12-30-19-25-16-5-2-1-4-15(16)18(29)26(19)10-3-11-27/h1-2,4-9,27H,3,10-12H2,(H,24,28). The Balaban J connectivity index is 1.74. The summed E-state index contributed by atoms with van der Waals surface area (Å²) in [6.45, 7) is 0.147. The van der Waals surface area contributed by atoms with Crippen molar-refractivity contribution in [3.63, 3.8) is 0 Å². The SMILES string of the molecule is O=C(CSc1nc2ccccc2c(=O)n1CCCO)Nc1ccc(C(F)(F)F)cc1. The molecule has 0 atom stereocenters. The monoisotopic (exact) mass is 437 g/mol. The van der Waals surface area contributed by atoms with Crippen LogP contribution in [0.1, 0.15) is 12.0 Å². The topological polar surface area (TPSA) is 84.2 Å². The number of aliphatic hydroxyl groups excluding tert-OH is 1. The van der Waals surface area contributed by atoms with Crippen LogP contribution in [-0.2, 0) is 17.5 Å². The lowest BCUT2D eigenvalue weighted by atomic mass is 10.2.